The molecule has 0 saturated heterocycles. The Hall–Kier alpha value is -1.52. The van der Waals surface area contributed by atoms with Crippen molar-refractivity contribution >= 4 is 5.96 Å². The van der Waals surface area contributed by atoms with E-state index in [0.29, 0.717) is 12.6 Å². The van der Waals surface area contributed by atoms with Crippen LogP contribution in [0.15, 0.2) is 15.6 Å². The minimum absolute atomic E-state index is 0.542. The Balaban J connectivity index is 1.73. The topological polar surface area (TPSA) is 62.5 Å². The van der Waals surface area contributed by atoms with Gasteiger partial charge in [-0.2, -0.15) is 0 Å². The highest BCUT2D eigenvalue weighted by atomic mass is 16.5. The summed E-state index contributed by atoms with van der Waals surface area (Å²) in [5.74, 6) is 2.64. The van der Waals surface area contributed by atoms with Crippen molar-refractivity contribution in [3.8, 4) is 0 Å². The van der Waals surface area contributed by atoms with Gasteiger partial charge in [-0.15, -0.1) is 0 Å². The largest absolute Gasteiger partial charge is 0.359 e. The highest BCUT2D eigenvalue weighted by molar-refractivity contribution is 5.79. The summed E-state index contributed by atoms with van der Waals surface area (Å²) in [6.45, 7) is 4.98. The molecule has 1 aliphatic carbocycles. The van der Waals surface area contributed by atoms with Crippen LogP contribution in [-0.2, 0) is 13.0 Å². The zero-order valence-electron chi connectivity index (χ0n) is 14.2. The van der Waals surface area contributed by atoms with Gasteiger partial charge in [-0.1, -0.05) is 31.8 Å². The number of nitrogens with zero attached hydrogens (tertiary/aromatic N) is 2. The van der Waals surface area contributed by atoms with Crippen LogP contribution in [0.25, 0.3) is 0 Å². The molecule has 1 aliphatic rings. The lowest BCUT2D eigenvalue weighted by Gasteiger charge is -2.30. The second-order valence-electron chi connectivity index (χ2n) is 6.21. The first-order chi connectivity index (χ1) is 10.7. The van der Waals surface area contributed by atoms with E-state index in [-0.39, 0.29) is 0 Å². The quantitative estimate of drug-likeness (QED) is 0.625. The Morgan fingerprint density at radius 3 is 2.68 bits per heavy atom. The highest BCUT2D eigenvalue weighted by Crippen LogP contribution is 2.27. The molecule has 1 aromatic rings. The monoisotopic (exact) mass is 306 g/mol. The van der Waals surface area contributed by atoms with Gasteiger partial charge in [-0.25, -0.2) is 0 Å². The summed E-state index contributed by atoms with van der Waals surface area (Å²) in [5.41, 5.74) is 0.994. The van der Waals surface area contributed by atoms with Crippen LogP contribution in [0.2, 0.25) is 0 Å². The van der Waals surface area contributed by atoms with E-state index < -0.39 is 0 Å². The molecule has 2 N–H and O–H groups in total. The first kappa shape index (κ1) is 16.8. The number of aromatic nitrogens is 1. The minimum Gasteiger partial charge on any atom is -0.359 e. The summed E-state index contributed by atoms with van der Waals surface area (Å²) in [7, 11) is 1.82. The van der Waals surface area contributed by atoms with E-state index in [9.17, 15) is 0 Å². The zero-order valence-corrected chi connectivity index (χ0v) is 14.2. The van der Waals surface area contributed by atoms with Crippen molar-refractivity contribution < 1.29 is 4.52 Å². The van der Waals surface area contributed by atoms with Crippen molar-refractivity contribution in [2.45, 2.75) is 71.4 Å². The highest BCUT2D eigenvalue weighted by Gasteiger charge is 2.21. The molecule has 0 aliphatic heterocycles. The molecular formula is C17H30N4O. The van der Waals surface area contributed by atoms with Gasteiger partial charge in [0.25, 0.3) is 0 Å². The van der Waals surface area contributed by atoms with E-state index in [0.717, 1.165) is 29.8 Å². The molecule has 5 heteroatoms. The molecule has 2 rings (SSSR count). The minimum atomic E-state index is 0.542. The molecule has 5 nitrogen and oxygen atoms in total. The predicted octanol–water partition coefficient (Wildman–Crippen LogP) is 3.26. The van der Waals surface area contributed by atoms with Crippen molar-refractivity contribution in [3.05, 3.63) is 17.5 Å². The predicted molar refractivity (Wildman–Crippen MR) is 89.9 cm³/mol. The Labute approximate surface area is 133 Å². The van der Waals surface area contributed by atoms with Crippen LogP contribution >= 0.6 is 0 Å². The Kier molecular flexibility index (Phi) is 6.74. The molecular weight excluding hydrogens is 276 g/mol. The molecule has 1 aromatic heterocycles. The van der Waals surface area contributed by atoms with E-state index in [2.05, 4.69) is 34.6 Å². The maximum absolute atomic E-state index is 5.29. The van der Waals surface area contributed by atoms with Crippen molar-refractivity contribution in [1.82, 2.24) is 15.8 Å². The van der Waals surface area contributed by atoms with Crippen LogP contribution in [0.5, 0.6) is 0 Å². The SMILES string of the molecule is CCCC1CCC(NC(=NC)NCc2cc(CC)no2)CC1. The van der Waals surface area contributed by atoms with E-state index >= 15 is 0 Å². The van der Waals surface area contributed by atoms with Gasteiger partial charge >= 0.3 is 0 Å². The smallest absolute Gasteiger partial charge is 0.191 e. The lowest BCUT2D eigenvalue weighted by atomic mass is 9.83. The summed E-state index contributed by atoms with van der Waals surface area (Å²) in [4.78, 5) is 4.31. The fraction of sp³-hybridized carbons (Fsp3) is 0.765. The van der Waals surface area contributed by atoms with E-state index in [1.54, 1.807) is 0 Å². The van der Waals surface area contributed by atoms with Gasteiger partial charge in [0.15, 0.2) is 11.7 Å². The number of nitrogens with one attached hydrogen (secondary N) is 2. The second-order valence-corrected chi connectivity index (χ2v) is 6.21. The number of hydrogen-bond acceptors (Lipinski definition) is 3. The van der Waals surface area contributed by atoms with Gasteiger partial charge in [-0.05, 0) is 38.0 Å². The van der Waals surface area contributed by atoms with Crippen LogP contribution in [0.4, 0.5) is 0 Å². The normalized spacial score (nSPS) is 22.6. The van der Waals surface area contributed by atoms with Crippen molar-refractivity contribution in [2.75, 3.05) is 7.05 Å². The first-order valence-corrected chi connectivity index (χ1v) is 8.66. The molecule has 1 fully saturated rings. The number of hydrogen-bond donors (Lipinski definition) is 2. The third-order valence-corrected chi connectivity index (χ3v) is 4.51. The van der Waals surface area contributed by atoms with Crippen molar-refractivity contribution in [3.63, 3.8) is 0 Å². The van der Waals surface area contributed by atoms with Crippen molar-refractivity contribution in [2.24, 2.45) is 10.9 Å². The van der Waals surface area contributed by atoms with Gasteiger partial charge in [0.2, 0.25) is 0 Å². The lowest BCUT2D eigenvalue weighted by Crippen LogP contribution is -2.44. The van der Waals surface area contributed by atoms with Crippen LogP contribution in [0, 0.1) is 5.92 Å². The van der Waals surface area contributed by atoms with E-state index in [1.807, 2.05) is 13.1 Å². The third-order valence-electron chi connectivity index (χ3n) is 4.51. The van der Waals surface area contributed by atoms with Crippen LogP contribution in [0.3, 0.4) is 0 Å². The molecule has 0 radical (unpaired) electrons. The molecule has 0 atom stereocenters. The average Bonchev–Trinajstić information content (AvgIpc) is 3.01. The zero-order chi connectivity index (χ0) is 15.8. The molecule has 124 valence electrons. The summed E-state index contributed by atoms with van der Waals surface area (Å²) in [6, 6.07) is 2.54. The molecule has 0 spiro atoms. The number of rotatable bonds is 6. The summed E-state index contributed by atoms with van der Waals surface area (Å²) >= 11 is 0. The summed E-state index contributed by atoms with van der Waals surface area (Å²) in [5, 5.41) is 10.9. The van der Waals surface area contributed by atoms with Gasteiger partial charge in [0.1, 0.15) is 0 Å². The van der Waals surface area contributed by atoms with Crippen LogP contribution in [-0.4, -0.2) is 24.2 Å². The maximum Gasteiger partial charge on any atom is 0.191 e. The standard InChI is InChI=1S/C17H30N4O/c1-4-6-13-7-9-15(10-8-13)20-17(18-3)19-12-16-11-14(5-2)21-22-16/h11,13,15H,4-10,12H2,1-3H3,(H2,18,19,20). The maximum atomic E-state index is 5.29. The summed E-state index contributed by atoms with van der Waals surface area (Å²) in [6.07, 6.45) is 8.75. The summed E-state index contributed by atoms with van der Waals surface area (Å²) < 4.78 is 5.29. The fourth-order valence-corrected chi connectivity index (χ4v) is 3.17. The van der Waals surface area contributed by atoms with Crippen LogP contribution < -0.4 is 10.6 Å². The van der Waals surface area contributed by atoms with Gasteiger partial charge in [0.05, 0.1) is 12.2 Å². The molecule has 0 unspecified atom stereocenters. The number of aliphatic imine (C=N–C) groups is 1. The molecule has 1 saturated carbocycles. The Morgan fingerprint density at radius 2 is 2.09 bits per heavy atom. The molecule has 0 aromatic carbocycles. The molecule has 1 heterocycles. The van der Waals surface area contributed by atoms with Crippen LogP contribution in [0.1, 0.15) is 63.8 Å². The molecule has 22 heavy (non-hydrogen) atoms. The van der Waals surface area contributed by atoms with Gasteiger partial charge in [0, 0.05) is 19.2 Å². The van der Waals surface area contributed by atoms with E-state index in [4.69, 9.17) is 4.52 Å². The second kappa shape index (κ2) is 8.81. The number of guanidine groups is 1. The van der Waals surface area contributed by atoms with E-state index in [1.165, 1.54) is 38.5 Å². The van der Waals surface area contributed by atoms with Gasteiger partial charge in [-0.3, -0.25) is 4.99 Å². The first-order valence-electron chi connectivity index (χ1n) is 8.66. The third kappa shape index (κ3) is 5.04. The lowest BCUT2D eigenvalue weighted by molar-refractivity contribution is 0.294. The van der Waals surface area contributed by atoms with Gasteiger partial charge < -0.3 is 15.2 Å². The Bertz CT molecular complexity index is 461. The Morgan fingerprint density at radius 1 is 1.32 bits per heavy atom. The molecule has 0 bridgehead atoms. The fourth-order valence-electron chi connectivity index (χ4n) is 3.17. The molecule has 0 amide bonds. The van der Waals surface area contributed by atoms with Crippen molar-refractivity contribution in [1.29, 1.82) is 0 Å². The average molecular weight is 306 g/mol. The number of aryl methyl sites for hydroxylation is 1.